The molecule has 0 spiro atoms. The Morgan fingerprint density at radius 3 is 2.78 bits per heavy atom. The van der Waals surface area contributed by atoms with E-state index in [4.69, 9.17) is 0 Å². The number of tetrazole rings is 1. The second-order valence-electron chi connectivity index (χ2n) is 3.66. The number of alkyl halides is 3. The maximum atomic E-state index is 12.2. The van der Waals surface area contributed by atoms with Gasteiger partial charge in [-0.3, -0.25) is 0 Å². The molecule has 0 aromatic carbocycles. The second-order valence-corrected chi connectivity index (χ2v) is 3.66. The molecule has 0 atom stereocenters. The monoisotopic (exact) mass is 260 g/mol. The Bertz CT molecular complexity index is 522. The molecule has 98 valence electrons. The van der Waals surface area contributed by atoms with E-state index in [-0.39, 0.29) is 6.54 Å². The van der Waals surface area contributed by atoms with E-state index >= 15 is 0 Å². The lowest BCUT2D eigenvalue weighted by atomic mass is 10.3. The Kier molecular flexibility index (Phi) is 3.30. The zero-order valence-corrected chi connectivity index (χ0v) is 9.59. The van der Waals surface area contributed by atoms with Crippen molar-refractivity contribution in [2.24, 2.45) is 0 Å². The maximum Gasteiger partial charge on any atom is 0.390 e. The highest BCUT2D eigenvalue weighted by Gasteiger charge is 2.27. The first kappa shape index (κ1) is 12.5. The van der Waals surface area contributed by atoms with Gasteiger partial charge < -0.3 is 4.90 Å². The first-order valence-electron chi connectivity index (χ1n) is 5.37. The van der Waals surface area contributed by atoms with Gasteiger partial charge in [0, 0.05) is 13.1 Å². The standard InChI is InChI=1S/C9H11F3N6/c1-2-17(6-5-9(10,11)12)8-4-3-7-13-15-16-18(7)14-8/h3-4H,2,5-6H2,1H3. The van der Waals surface area contributed by atoms with Gasteiger partial charge in [-0.15, -0.1) is 14.8 Å². The average molecular weight is 260 g/mol. The quantitative estimate of drug-likeness (QED) is 0.829. The molecule has 2 aromatic rings. The molecular formula is C9H11F3N6. The van der Waals surface area contributed by atoms with Crippen LogP contribution < -0.4 is 4.90 Å². The lowest BCUT2D eigenvalue weighted by molar-refractivity contribution is -0.132. The molecule has 0 amide bonds. The molecule has 0 fully saturated rings. The van der Waals surface area contributed by atoms with Crippen LogP contribution >= 0.6 is 0 Å². The highest BCUT2D eigenvalue weighted by atomic mass is 19.4. The van der Waals surface area contributed by atoms with Crippen LogP contribution in [0.4, 0.5) is 19.0 Å². The lowest BCUT2D eigenvalue weighted by Gasteiger charge is -2.21. The van der Waals surface area contributed by atoms with Gasteiger partial charge >= 0.3 is 6.18 Å². The molecule has 0 radical (unpaired) electrons. The van der Waals surface area contributed by atoms with Gasteiger partial charge in [0.05, 0.1) is 6.42 Å². The summed E-state index contributed by atoms with van der Waals surface area (Å²) >= 11 is 0. The molecule has 0 aliphatic carbocycles. The van der Waals surface area contributed by atoms with Crippen molar-refractivity contribution >= 4 is 11.5 Å². The van der Waals surface area contributed by atoms with Crippen LogP contribution in [0.2, 0.25) is 0 Å². The predicted octanol–water partition coefficient (Wildman–Crippen LogP) is 1.30. The Balaban J connectivity index is 2.15. The zero-order valence-electron chi connectivity index (χ0n) is 9.59. The number of rotatable bonds is 4. The van der Waals surface area contributed by atoms with Crippen LogP contribution in [0, 0.1) is 0 Å². The van der Waals surface area contributed by atoms with Crippen LogP contribution in [0.25, 0.3) is 5.65 Å². The molecule has 0 aliphatic heterocycles. The van der Waals surface area contributed by atoms with Crippen LogP contribution in [0.1, 0.15) is 13.3 Å². The Hall–Kier alpha value is -1.93. The van der Waals surface area contributed by atoms with Crippen molar-refractivity contribution in [2.75, 3.05) is 18.0 Å². The molecule has 0 unspecified atom stereocenters. The Morgan fingerprint density at radius 2 is 2.11 bits per heavy atom. The van der Waals surface area contributed by atoms with Crippen LogP contribution in [0.3, 0.4) is 0 Å². The number of halogens is 3. The van der Waals surface area contributed by atoms with Crippen molar-refractivity contribution in [1.82, 2.24) is 25.3 Å². The fraction of sp³-hybridized carbons (Fsp3) is 0.556. The summed E-state index contributed by atoms with van der Waals surface area (Å²) in [6.45, 7) is 2.05. The van der Waals surface area contributed by atoms with Crippen LogP contribution in [-0.4, -0.2) is 44.5 Å². The third-order valence-electron chi connectivity index (χ3n) is 2.43. The largest absolute Gasteiger partial charge is 0.390 e. The molecule has 0 aliphatic rings. The molecular weight excluding hydrogens is 249 g/mol. The number of hydrogen-bond donors (Lipinski definition) is 0. The SMILES string of the molecule is CCN(CCC(F)(F)F)c1ccc2nnnn2n1. The van der Waals surface area contributed by atoms with Gasteiger partial charge in [0.25, 0.3) is 0 Å². The molecule has 0 saturated carbocycles. The minimum atomic E-state index is -4.17. The van der Waals surface area contributed by atoms with E-state index in [1.165, 1.54) is 9.53 Å². The summed E-state index contributed by atoms with van der Waals surface area (Å²) in [6.07, 6.45) is -5.05. The molecule has 2 aromatic heterocycles. The van der Waals surface area contributed by atoms with Crippen molar-refractivity contribution in [1.29, 1.82) is 0 Å². The van der Waals surface area contributed by atoms with Crippen LogP contribution in [-0.2, 0) is 0 Å². The number of aromatic nitrogens is 5. The average Bonchev–Trinajstić information content (AvgIpc) is 2.75. The lowest BCUT2D eigenvalue weighted by Crippen LogP contribution is -2.29. The van der Waals surface area contributed by atoms with Crippen molar-refractivity contribution in [3.8, 4) is 0 Å². The van der Waals surface area contributed by atoms with Gasteiger partial charge in [-0.25, -0.2) is 0 Å². The normalized spacial score (nSPS) is 12.0. The number of fused-ring (bicyclic) bond motifs is 1. The van der Waals surface area contributed by atoms with E-state index in [9.17, 15) is 13.2 Å². The highest BCUT2D eigenvalue weighted by molar-refractivity contribution is 5.44. The summed E-state index contributed by atoms with van der Waals surface area (Å²) in [5.74, 6) is 0.418. The molecule has 2 heterocycles. The summed E-state index contributed by atoms with van der Waals surface area (Å²) < 4.78 is 37.7. The topological polar surface area (TPSA) is 59.2 Å². The fourth-order valence-electron chi connectivity index (χ4n) is 1.51. The highest BCUT2D eigenvalue weighted by Crippen LogP contribution is 2.21. The van der Waals surface area contributed by atoms with Gasteiger partial charge in [0.2, 0.25) is 0 Å². The third kappa shape index (κ3) is 2.84. The van der Waals surface area contributed by atoms with E-state index in [0.29, 0.717) is 18.0 Å². The Labute approximate surface area is 100 Å². The minimum Gasteiger partial charge on any atom is -0.355 e. The summed E-state index contributed by atoms with van der Waals surface area (Å²) in [4.78, 5) is 1.52. The number of hydrogen-bond acceptors (Lipinski definition) is 5. The van der Waals surface area contributed by atoms with Gasteiger partial charge in [0.15, 0.2) is 11.5 Å². The van der Waals surface area contributed by atoms with Gasteiger partial charge in [0.1, 0.15) is 0 Å². The van der Waals surface area contributed by atoms with Crippen molar-refractivity contribution in [2.45, 2.75) is 19.5 Å². The first-order valence-corrected chi connectivity index (χ1v) is 5.37. The molecule has 0 N–H and O–H groups in total. The number of nitrogens with zero attached hydrogens (tertiary/aromatic N) is 6. The minimum absolute atomic E-state index is 0.138. The zero-order chi connectivity index (χ0) is 13.2. The fourth-order valence-corrected chi connectivity index (χ4v) is 1.51. The third-order valence-corrected chi connectivity index (χ3v) is 2.43. The summed E-state index contributed by atoms with van der Waals surface area (Å²) in [7, 11) is 0. The summed E-state index contributed by atoms with van der Waals surface area (Å²) in [5, 5.41) is 14.7. The number of anilines is 1. The first-order chi connectivity index (χ1) is 8.49. The molecule has 18 heavy (non-hydrogen) atoms. The van der Waals surface area contributed by atoms with E-state index in [1.807, 2.05) is 0 Å². The van der Waals surface area contributed by atoms with Gasteiger partial charge in [-0.05, 0) is 29.5 Å². The summed E-state index contributed by atoms with van der Waals surface area (Å²) in [6, 6.07) is 3.21. The predicted molar refractivity (Wildman–Crippen MR) is 57.1 cm³/mol. The smallest absolute Gasteiger partial charge is 0.355 e. The van der Waals surface area contributed by atoms with E-state index in [2.05, 4.69) is 20.6 Å². The second kappa shape index (κ2) is 4.75. The maximum absolute atomic E-state index is 12.2. The molecule has 6 nitrogen and oxygen atoms in total. The molecule has 9 heteroatoms. The molecule has 2 rings (SSSR count). The van der Waals surface area contributed by atoms with Crippen molar-refractivity contribution in [3.05, 3.63) is 12.1 Å². The summed E-state index contributed by atoms with van der Waals surface area (Å²) in [5.41, 5.74) is 0.450. The van der Waals surface area contributed by atoms with E-state index < -0.39 is 12.6 Å². The molecule has 0 bridgehead atoms. The van der Waals surface area contributed by atoms with E-state index in [1.54, 1.807) is 19.1 Å². The van der Waals surface area contributed by atoms with E-state index in [0.717, 1.165) is 0 Å². The van der Waals surface area contributed by atoms with Crippen molar-refractivity contribution < 1.29 is 13.2 Å². The molecule has 0 saturated heterocycles. The Morgan fingerprint density at radius 1 is 1.33 bits per heavy atom. The van der Waals surface area contributed by atoms with Crippen LogP contribution in [0.15, 0.2) is 12.1 Å². The van der Waals surface area contributed by atoms with Crippen molar-refractivity contribution in [3.63, 3.8) is 0 Å². The van der Waals surface area contributed by atoms with Crippen LogP contribution in [0.5, 0.6) is 0 Å². The van der Waals surface area contributed by atoms with Gasteiger partial charge in [-0.2, -0.15) is 13.2 Å². The van der Waals surface area contributed by atoms with Gasteiger partial charge in [-0.1, -0.05) is 0 Å².